The number of hydrogen-bond donors (Lipinski definition) is 2. The summed E-state index contributed by atoms with van der Waals surface area (Å²) in [7, 11) is 0. The molecule has 0 saturated heterocycles. The number of amides is 1. The number of benzene rings is 2. The number of anilines is 1. The van der Waals surface area contributed by atoms with Crippen molar-refractivity contribution in [3.8, 4) is 0 Å². The maximum atomic E-state index is 13.1. The van der Waals surface area contributed by atoms with Gasteiger partial charge in [0, 0.05) is 19.2 Å². The average molecular weight is 286 g/mol. The van der Waals surface area contributed by atoms with Gasteiger partial charge in [-0.25, -0.2) is 4.39 Å². The predicted molar refractivity (Wildman–Crippen MR) is 82.6 cm³/mol. The summed E-state index contributed by atoms with van der Waals surface area (Å²) in [6, 6.07) is 14.3. The molecule has 110 valence electrons. The molecular formula is C17H19FN2O. The van der Waals surface area contributed by atoms with Crippen LogP contribution < -0.4 is 10.6 Å². The zero-order valence-electron chi connectivity index (χ0n) is 12.0. The van der Waals surface area contributed by atoms with Gasteiger partial charge in [0.2, 0.25) is 5.91 Å². The van der Waals surface area contributed by atoms with E-state index in [9.17, 15) is 9.18 Å². The third kappa shape index (κ3) is 5.00. The fourth-order valence-electron chi connectivity index (χ4n) is 2.13. The lowest BCUT2D eigenvalue weighted by Gasteiger charge is -2.11. The summed E-state index contributed by atoms with van der Waals surface area (Å²) < 4.78 is 13.1. The van der Waals surface area contributed by atoms with Crippen LogP contribution in [0.2, 0.25) is 0 Å². The molecule has 2 aromatic carbocycles. The Morgan fingerprint density at radius 1 is 1.14 bits per heavy atom. The van der Waals surface area contributed by atoms with Gasteiger partial charge in [0.1, 0.15) is 5.82 Å². The van der Waals surface area contributed by atoms with Gasteiger partial charge in [-0.3, -0.25) is 4.79 Å². The highest BCUT2D eigenvalue weighted by molar-refractivity contribution is 5.89. The van der Waals surface area contributed by atoms with Crippen LogP contribution in [0.3, 0.4) is 0 Å². The average Bonchev–Trinajstić information content (AvgIpc) is 2.45. The van der Waals surface area contributed by atoms with Crippen molar-refractivity contribution in [2.24, 2.45) is 0 Å². The fourth-order valence-corrected chi connectivity index (χ4v) is 2.13. The van der Waals surface area contributed by atoms with Crippen LogP contribution >= 0.6 is 0 Å². The van der Waals surface area contributed by atoms with E-state index in [1.165, 1.54) is 13.0 Å². The first-order valence-corrected chi connectivity index (χ1v) is 6.96. The largest absolute Gasteiger partial charge is 0.326 e. The number of carbonyl (C=O) groups excluding carboxylic acids is 1. The monoisotopic (exact) mass is 286 g/mol. The molecule has 0 aromatic heterocycles. The summed E-state index contributed by atoms with van der Waals surface area (Å²) in [6.07, 6.45) is 0.764. The number of rotatable bonds is 6. The Bertz CT molecular complexity index is 613. The Hall–Kier alpha value is -2.20. The van der Waals surface area contributed by atoms with Crippen LogP contribution in [-0.2, 0) is 17.8 Å². The van der Waals surface area contributed by atoms with E-state index >= 15 is 0 Å². The van der Waals surface area contributed by atoms with E-state index in [-0.39, 0.29) is 11.7 Å². The van der Waals surface area contributed by atoms with Gasteiger partial charge in [0.05, 0.1) is 0 Å². The SMILES string of the molecule is CC(=O)Nc1ccccc1CNCCc1cccc(F)c1. The minimum atomic E-state index is -0.205. The normalized spacial score (nSPS) is 10.4. The van der Waals surface area contributed by atoms with Gasteiger partial charge < -0.3 is 10.6 Å². The van der Waals surface area contributed by atoms with Crippen LogP contribution in [0.5, 0.6) is 0 Å². The van der Waals surface area contributed by atoms with Crippen molar-refractivity contribution >= 4 is 11.6 Å². The molecule has 0 fully saturated rings. The number of hydrogen-bond acceptors (Lipinski definition) is 2. The summed E-state index contributed by atoms with van der Waals surface area (Å²) in [5.74, 6) is -0.286. The van der Waals surface area contributed by atoms with Crippen molar-refractivity contribution in [1.82, 2.24) is 5.32 Å². The molecule has 0 unspecified atom stereocenters. The van der Waals surface area contributed by atoms with Crippen LogP contribution in [0.15, 0.2) is 48.5 Å². The fraction of sp³-hybridized carbons (Fsp3) is 0.235. The Kier molecular flexibility index (Phi) is 5.46. The first-order valence-electron chi connectivity index (χ1n) is 6.96. The first kappa shape index (κ1) is 15.2. The highest BCUT2D eigenvalue weighted by atomic mass is 19.1. The summed E-state index contributed by atoms with van der Waals surface area (Å²) in [5, 5.41) is 6.12. The van der Waals surface area contributed by atoms with E-state index in [0.29, 0.717) is 6.54 Å². The minimum Gasteiger partial charge on any atom is -0.326 e. The van der Waals surface area contributed by atoms with Crippen LogP contribution in [0.1, 0.15) is 18.1 Å². The molecule has 3 nitrogen and oxygen atoms in total. The molecule has 1 amide bonds. The highest BCUT2D eigenvalue weighted by Crippen LogP contribution is 2.14. The van der Waals surface area contributed by atoms with E-state index in [1.807, 2.05) is 30.3 Å². The van der Waals surface area contributed by atoms with Crippen LogP contribution in [0.25, 0.3) is 0 Å². The van der Waals surface area contributed by atoms with Gasteiger partial charge in [0.15, 0.2) is 0 Å². The second-order valence-electron chi connectivity index (χ2n) is 4.90. The zero-order chi connectivity index (χ0) is 15.1. The minimum absolute atomic E-state index is 0.0813. The maximum absolute atomic E-state index is 13.1. The zero-order valence-corrected chi connectivity index (χ0v) is 12.0. The lowest BCUT2D eigenvalue weighted by Crippen LogP contribution is -2.18. The van der Waals surface area contributed by atoms with E-state index in [0.717, 1.165) is 29.8 Å². The topological polar surface area (TPSA) is 41.1 Å². The van der Waals surface area contributed by atoms with Gasteiger partial charge in [-0.2, -0.15) is 0 Å². The summed E-state index contributed by atoms with van der Waals surface area (Å²) in [5.41, 5.74) is 2.83. The molecule has 0 aliphatic rings. The Balaban J connectivity index is 1.85. The van der Waals surface area contributed by atoms with Crippen LogP contribution in [-0.4, -0.2) is 12.5 Å². The molecule has 0 heterocycles. The van der Waals surface area contributed by atoms with E-state index < -0.39 is 0 Å². The third-order valence-corrected chi connectivity index (χ3v) is 3.12. The Morgan fingerprint density at radius 2 is 1.95 bits per heavy atom. The molecule has 0 bridgehead atoms. The standard InChI is InChI=1S/C17H19FN2O/c1-13(21)20-17-8-3-2-6-15(17)12-19-10-9-14-5-4-7-16(18)11-14/h2-8,11,19H,9-10,12H2,1H3,(H,20,21). The molecule has 0 atom stereocenters. The second-order valence-corrected chi connectivity index (χ2v) is 4.90. The van der Waals surface area contributed by atoms with Crippen LogP contribution in [0.4, 0.5) is 10.1 Å². The molecule has 21 heavy (non-hydrogen) atoms. The van der Waals surface area contributed by atoms with Crippen molar-refractivity contribution in [3.63, 3.8) is 0 Å². The predicted octanol–water partition coefficient (Wildman–Crippen LogP) is 3.12. The van der Waals surface area contributed by atoms with Crippen molar-refractivity contribution in [2.75, 3.05) is 11.9 Å². The van der Waals surface area contributed by atoms with E-state index in [2.05, 4.69) is 10.6 Å². The number of para-hydroxylation sites is 1. The van der Waals surface area contributed by atoms with Gasteiger partial charge in [-0.15, -0.1) is 0 Å². The Morgan fingerprint density at radius 3 is 2.71 bits per heavy atom. The van der Waals surface area contributed by atoms with Crippen molar-refractivity contribution < 1.29 is 9.18 Å². The first-order chi connectivity index (χ1) is 10.1. The third-order valence-electron chi connectivity index (χ3n) is 3.12. The van der Waals surface area contributed by atoms with Crippen molar-refractivity contribution in [1.29, 1.82) is 0 Å². The van der Waals surface area contributed by atoms with Crippen molar-refractivity contribution in [2.45, 2.75) is 19.9 Å². The van der Waals surface area contributed by atoms with E-state index in [1.54, 1.807) is 12.1 Å². The number of carbonyl (C=O) groups is 1. The summed E-state index contributed by atoms with van der Waals surface area (Å²) in [4.78, 5) is 11.1. The molecule has 0 radical (unpaired) electrons. The van der Waals surface area contributed by atoms with Gasteiger partial charge in [-0.05, 0) is 42.3 Å². The molecule has 0 spiro atoms. The van der Waals surface area contributed by atoms with Gasteiger partial charge in [-0.1, -0.05) is 30.3 Å². The molecule has 2 rings (SSSR count). The van der Waals surface area contributed by atoms with E-state index in [4.69, 9.17) is 0 Å². The van der Waals surface area contributed by atoms with Crippen LogP contribution in [0, 0.1) is 5.82 Å². The molecule has 0 aliphatic heterocycles. The lowest BCUT2D eigenvalue weighted by molar-refractivity contribution is -0.114. The molecule has 0 saturated carbocycles. The Labute approximate surface area is 124 Å². The second kappa shape index (κ2) is 7.55. The molecule has 0 aliphatic carbocycles. The quantitative estimate of drug-likeness (QED) is 0.801. The molecular weight excluding hydrogens is 267 g/mol. The van der Waals surface area contributed by atoms with Gasteiger partial charge in [0.25, 0.3) is 0 Å². The summed E-state index contributed by atoms with van der Waals surface area (Å²) >= 11 is 0. The maximum Gasteiger partial charge on any atom is 0.221 e. The van der Waals surface area contributed by atoms with Crippen molar-refractivity contribution in [3.05, 3.63) is 65.5 Å². The smallest absolute Gasteiger partial charge is 0.221 e. The summed E-state index contributed by atoms with van der Waals surface area (Å²) in [6.45, 7) is 2.90. The lowest BCUT2D eigenvalue weighted by atomic mass is 10.1. The molecule has 2 aromatic rings. The number of halogens is 1. The van der Waals surface area contributed by atoms with Gasteiger partial charge >= 0.3 is 0 Å². The highest BCUT2D eigenvalue weighted by Gasteiger charge is 2.03. The molecule has 2 N–H and O–H groups in total. The number of nitrogens with one attached hydrogen (secondary N) is 2. The molecule has 4 heteroatoms.